The van der Waals surface area contributed by atoms with E-state index in [-0.39, 0.29) is 6.47 Å². The lowest BCUT2D eigenvalue weighted by atomic mass is 9.93. The van der Waals surface area contributed by atoms with Crippen LogP contribution >= 0.6 is 11.6 Å². The second-order valence-electron chi connectivity index (χ2n) is 14.1. The Morgan fingerprint density at radius 3 is 2.06 bits per heavy atom. The molecule has 52 heavy (non-hydrogen) atoms. The van der Waals surface area contributed by atoms with Gasteiger partial charge in [0.15, 0.2) is 0 Å². The van der Waals surface area contributed by atoms with E-state index in [0.29, 0.717) is 24.0 Å². The smallest absolute Gasteiger partial charge is 0.290 e. The number of piperidine rings is 1. The Balaban J connectivity index is 0.00000168. The molecule has 7 nitrogen and oxygen atoms in total. The maximum atomic E-state index is 8.36. The molecular weight excluding hydrogens is 672 g/mol. The number of likely N-dealkylation sites (tertiary alicyclic amines) is 2. The summed E-state index contributed by atoms with van der Waals surface area (Å²) < 4.78 is 19.3. The first kappa shape index (κ1) is 39.2. The van der Waals surface area contributed by atoms with Crippen LogP contribution in [-0.2, 0) is 24.6 Å². The van der Waals surface area contributed by atoms with Crippen molar-refractivity contribution >= 4 is 18.1 Å². The summed E-state index contributed by atoms with van der Waals surface area (Å²) in [6.07, 6.45) is 7.48. The largest absolute Gasteiger partial charge is 0.493 e. The number of halogens is 1. The van der Waals surface area contributed by atoms with Gasteiger partial charge in [0.25, 0.3) is 6.47 Å². The number of aryl methyl sites for hydroxylation is 2. The van der Waals surface area contributed by atoms with Crippen LogP contribution < -0.4 is 14.2 Å². The van der Waals surface area contributed by atoms with Gasteiger partial charge >= 0.3 is 0 Å². The molecule has 0 amide bonds. The molecule has 1 N–H and O–H groups in total. The molecule has 0 aromatic heterocycles. The van der Waals surface area contributed by atoms with E-state index in [1.54, 1.807) is 0 Å². The van der Waals surface area contributed by atoms with Crippen LogP contribution in [-0.4, -0.2) is 60.7 Å². The van der Waals surface area contributed by atoms with E-state index >= 15 is 0 Å². The molecule has 0 atom stereocenters. The highest BCUT2D eigenvalue weighted by Crippen LogP contribution is 2.37. The molecule has 2 heterocycles. The standard InChI is InChI=1S/C43H53ClN2O3.CH2O2/c1-31-17-18-35(25-32(31)2)29-48-42-27-43(40(44)26-37(42)28-46-21-6-5-7-22-46)49-30-36-13-10-14-38(33(36)3)39-15-11-16-41(34(39)4)47-24-12-23-45-19-8-9-20-45;2-1-3/h10-11,13-18,25-27H,5-9,12,19-24,28-30H2,1-4H3;1H,(H,2,3). The molecule has 278 valence electrons. The molecule has 0 unspecified atom stereocenters. The van der Waals surface area contributed by atoms with Gasteiger partial charge in [-0.05, 0) is 143 Å². The number of rotatable bonds is 14. The molecule has 2 fully saturated rings. The summed E-state index contributed by atoms with van der Waals surface area (Å²) in [5.74, 6) is 2.44. The van der Waals surface area contributed by atoms with Crippen LogP contribution in [0, 0.1) is 27.7 Å². The third-order valence-corrected chi connectivity index (χ3v) is 10.7. The van der Waals surface area contributed by atoms with Gasteiger partial charge in [-0.2, -0.15) is 0 Å². The summed E-state index contributed by atoms with van der Waals surface area (Å²) in [4.78, 5) is 13.4. The fraction of sp³-hybridized carbons (Fsp3) is 0.432. The zero-order valence-corrected chi connectivity index (χ0v) is 32.1. The molecule has 6 rings (SSSR count). The lowest BCUT2D eigenvalue weighted by Gasteiger charge is -2.27. The summed E-state index contributed by atoms with van der Waals surface area (Å²) in [7, 11) is 0. The number of carboxylic acid groups (broad SMARTS) is 1. The third-order valence-electron chi connectivity index (χ3n) is 10.4. The van der Waals surface area contributed by atoms with E-state index in [0.717, 1.165) is 67.4 Å². The fourth-order valence-electron chi connectivity index (χ4n) is 7.18. The number of ether oxygens (including phenoxy) is 3. The molecule has 2 aliphatic rings. The van der Waals surface area contributed by atoms with Crippen molar-refractivity contribution in [2.45, 2.75) is 86.0 Å². The molecule has 8 heteroatoms. The molecule has 0 saturated carbocycles. The number of nitrogens with zero attached hydrogens (tertiary/aromatic N) is 2. The minimum Gasteiger partial charge on any atom is -0.493 e. The molecule has 0 spiro atoms. The van der Waals surface area contributed by atoms with Crippen LogP contribution in [0.15, 0.2) is 66.7 Å². The first-order chi connectivity index (χ1) is 25.3. The number of hydrogen-bond donors (Lipinski definition) is 1. The van der Waals surface area contributed by atoms with Crippen molar-refractivity contribution in [2.24, 2.45) is 0 Å². The maximum absolute atomic E-state index is 8.36. The van der Waals surface area contributed by atoms with Crippen molar-refractivity contribution in [2.75, 3.05) is 39.3 Å². The third kappa shape index (κ3) is 10.8. The summed E-state index contributed by atoms with van der Waals surface area (Å²) in [6, 6.07) is 23.4. The molecular formula is C44H55ClN2O5. The van der Waals surface area contributed by atoms with Gasteiger partial charge in [-0.15, -0.1) is 0 Å². The van der Waals surface area contributed by atoms with E-state index in [4.69, 9.17) is 35.7 Å². The molecule has 0 bridgehead atoms. The van der Waals surface area contributed by atoms with E-state index in [1.165, 1.54) is 78.6 Å². The van der Waals surface area contributed by atoms with E-state index in [2.05, 4.69) is 92.1 Å². The second-order valence-corrected chi connectivity index (χ2v) is 14.5. The van der Waals surface area contributed by atoms with Crippen LogP contribution in [0.2, 0.25) is 5.02 Å². The Morgan fingerprint density at radius 1 is 0.673 bits per heavy atom. The van der Waals surface area contributed by atoms with Gasteiger partial charge in [-0.25, -0.2) is 0 Å². The Kier molecular flexibility index (Phi) is 14.8. The number of benzene rings is 4. The van der Waals surface area contributed by atoms with Gasteiger partial charge in [0, 0.05) is 24.7 Å². The average Bonchev–Trinajstić information content (AvgIpc) is 3.67. The highest BCUT2D eigenvalue weighted by atomic mass is 35.5. The monoisotopic (exact) mass is 726 g/mol. The van der Waals surface area contributed by atoms with Crippen LogP contribution in [0.5, 0.6) is 17.2 Å². The summed E-state index contributed by atoms with van der Waals surface area (Å²) in [6.45, 7) is 16.6. The number of hydrogen-bond acceptors (Lipinski definition) is 6. The van der Waals surface area contributed by atoms with E-state index < -0.39 is 0 Å². The van der Waals surface area contributed by atoms with Crippen molar-refractivity contribution in [3.63, 3.8) is 0 Å². The Bertz CT molecular complexity index is 1760. The van der Waals surface area contributed by atoms with E-state index in [1.807, 2.05) is 12.1 Å². The Hall–Kier alpha value is -4.04. The maximum Gasteiger partial charge on any atom is 0.290 e. The van der Waals surface area contributed by atoms with E-state index in [9.17, 15) is 0 Å². The second kappa shape index (κ2) is 19.7. The van der Waals surface area contributed by atoms with Crippen LogP contribution in [0.3, 0.4) is 0 Å². The summed E-state index contributed by atoms with van der Waals surface area (Å²) in [5.41, 5.74) is 10.7. The molecule has 2 saturated heterocycles. The Morgan fingerprint density at radius 2 is 1.33 bits per heavy atom. The summed E-state index contributed by atoms with van der Waals surface area (Å²) >= 11 is 6.92. The van der Waals surface area contributed by atoms with Crippen molar-refractivity contribution in [1.29, 1.82) is 0 Å². The molecule has 0 aliphatic carbocycles. The Labute approximate surface area is 315 Å². The first-order valence-electron chi connectivity index (χ1n) is 18.8. The predicted octanol–water partition coefficient (Wildman–Crippen LogP) is 9.95. The zero-order chi connectivity index (χ0) is 36.9. The molecule has 4 aromatic rings. The minimum absolute atomic E-state index is 0.250. The molecule has 0 radical (unpaired) electrons. The highest BCUT2D eigenvalue weighted by Gasteiger charge is 2.18. The van der Waals surface area contributed by atoms with Crippen molar-refractivity contribution < 1.29 is 24.1 Å². The van der Waals surface area contributed by atoms with Gasteiger partial charge in [-0.1, -0.05) is 66.6 Å². The van der Waals surface area contributed by atoms with Gasteiger partial charge in [0.05, 0.1) is 11.6 Å². The predicted molar refractivity (Wildman–Crippen MR) is 211 cm³/mol. The topological polar surface area (TPSA) is 71.5 Å². The lowest BCUT2D eigenvalue weighted by molar-refractivity contribution is -0.122. The van der Waals surface area contributed by atoms with Gasteiger partial charge in [0.1, 0.15) is 30.5 Å². The quantitative estimate of drug-likeness (QED) is 0.102. The van der Waals surface area contributed by atoms with Gasteiger partial charge in [0.2, 0.25) is 0 Å². The normalized spacial score (nSPS) is 14.8. The van der Waals surface area contributed by atoms with Crippen LogP contribution in [0.1, 0.15) is 77.5 Å². The van der Waals surface area contributed by atoms with Crippen molar-refractivity contribution in [3.05, 3.63) is 111 Å². The van der Waals surface area contributed by atoms with Crippen molar-refractivity contribution in [1.82, 2.24) is 9.80 Å². The molecule has 4 aromatic carbocycles. The van der Waals surface area contributed by atoms with Gasteiger partial charge < -0.3 is 24.2 Å². The van der Waals surface area contributed by atoms with Crippen LogP contribution in [0.4, 0.5) is 0 Å². The summed E-state index contributed by atoms with van der Waals surface area (Å²) in [5, 5.41) is 7.50. The van der Waals surface area contributed by atoms with Crippen LogP contribution in [0.25, 0.3) is 11.1 Å². The highest BCUT2D eigenvalue weighted by molar-refractivity contribution is 6.32. The minimum atomic E-state index is -0.250. The lowest BCUT2D eigenvalue weighted by Crippen LogP contribution is -2.29. The first-order valence-corrected chi connectivity index (χ1v) is 19.1. The van der Waals surface area contributed by atoms with Crippen molar-refractivity contribution in [3.8, 4) is 28.4 Å². The fourth-order valence-corrected chi connectivity index (χ4v) is 7.42. The van der Waals surface area contributed by atoms with Gasteiger partial charge in [-0.3, -0.25) is 9.69 Å². The zero-order valence-electron chi connectivity index (χ0n) is 31.4. The SMILES string of the molecule is Cc1ccc(COc2cc(OCc3cccc(-c4cccc(OCCCN5CCCC5)c4C)c3C)c(Cl)cc2CN2CCCCC2)cc1C.O=CO. The average molecular weight is 727 g/mol. The molecule has 2 aliphatic heterocycles. The number of carbonyl (C=O) groups is 1.